The fourth-order valence-corrected chi connectivity index (χ4v) is 2.81. The van der Waals surface area contributed by atoms with E-state index in [1.165, 1.54) is 34.8 Å². The molecular formula is C11H12IN3. The minimum Gasteiger partial charge on any atom is -0.242 e. The first kappa shape index (κ1) is 9.57. The van der Waals surface area contributed by atoms with E-state index < -0.39 is 0 Å². The molecule has 1 aromatic carbocycles. The predicted octanol–water partition coefficient (Wildman–Crippen LogP) is 3.15. The molecule has 15 heavy (non-hydrogen) atoms. The highest BCUT2D eigenvalue weighted by atomic mass is 127. The zero-order valence-corrected chi connectivity index (χ0v) is 10.5. The summed E-state index contributed by atoms with van der Waals surface area (Å²) in [4.78, 5) is 0. The van der Waals surface area contributed by atoms with Gasteiger partial charge in [-0.05, 0) is 53.6 Å². The summed E-state index contributed by atoms with van der Waals surface area (Å²) < 4.78 is 3.33. The largest absolute Gasteiger partial charge is 0.242 e. The molecule has 1 aliphatic carbocycles. The highest BCUT2D eigenvalue weighted by Crippen LogP contribution is 2.31. The highest BCUT2D eigenvalue weighted by molar-refractivity contribution is 14.1. The minimum absolute atomic E-state index is 0.579. The summed E-state index contributed by atoms with van der Waals surface area (Å²) in [5, 5.41) is 8.51. The van der Waals surface area contributed by atoms with Gasteiger partial charge in [0.15, 0.2) is 0 Å². The average Bonchev–Trinajstić information content (AvgIpc) is 2.82. The van der Waals surface area contributed by atoms with Crippen LogP contribution in [0.4, 0.5) is 0 Å². The maximum atomic E-state index is 4.28. The lowest BCUT2D eigenvalue weighted by molar-refractivity contribution is 0.467. The Labute approximate surface area is 102 Å². The Kier molecular flexibility index (Phi) is 2.38. The Hall–Kier alpha value is -0.650. The van der Waals surface area contributed by atoms with Crippen LogP contribution < -0.4 is 0 Å². The van der Waals surface area contributed by atoms with Crippen molar-refractivity contribution in [3.8, 4) is 0 Å². The van der Waals surface area contributed by atoms with Crippen LogP contribution in [0.25, 0.3) is 11.0 Å². The monoisotopic (exact) mass is 313 g/mol. The van der Waals surface area contributed by atoms with Gasteiger partial charge in [-0.3, -0.25) is 0 Å². The first-order chi connectivity index (χ1) is 7.34. The number of fused-ring (bicyclic) bond motifs is 1. The Morgan fingerprint density at radius 1 is 1.27 bits per heavy atom. The van der Waals surface area contributed by atoms with Crippen LogP contribution in [0.2, 0.25) is 0 Å². The lowest BCUT2D eigenvalue weighted by Gasteiger charge is -2.09. The van der Waals surface area contributed by atoms with Gasteiger partial charge in [-0.1, -0.05) is 18.1 Å². The van der Waals surface area contributed by atoms with E-state index >= 15 is 0 Å². The minimum atomic E-state index is 0.579. The van der Waals surface area contributed by atoms with Gasteiger partial charge in [-0.15, -0.1) is 5.10 Å². The van der Waals surface area contributed by atoms with E-state index in [4.69, 9.17) is 0 Å². The summed E-state index contributed by atoms with van der Waals surface area (Å²) in [6.07, 6.45) is 5.17. The Morgan fingerprint density at radius 3 is 2.87 bits per heavy atom. The molecule has 0 amide bonds. The summed E-state index contributed by atoms with van der Waals surface area (Å²) in [5.74, 6) is 0. The smallest absolute Gasteiger partial charge is 0.114 e. The Morgan fingerprint density at radius 2 is 2.07 bits per heavy atom. The molecule has 1 fully saturated rings. The number of aromatic nitrogens is 3. The molecule has 0 saturated heterocycles. The van der Waals surface area contributed by atoms with E-state index in [1.807, 2.05) is 0 Å². The van der Waals surface area contributed by atoms with E-state index in [-0.39, 0.29) is 0 Å². The van der Waals surface area contributed by atoms with Crippen molar-refractivity contribution in [2.24, 2.45) is 0 Å². The molecule has 78 valence electrons. The first-order valence-electron chi connectivity index (χ1n) is 5.35. The van der Waals surface area contributed by atoms with Crippen molar-refractivity contribution in [3.63, 3.8) is 0 Å². The van der Waals surface area contributed by atoms with Crippen molar-refractivity contribution in [1.82, 2.24) is 15.0 Å². The highest BCUT2D eigenvalue weighted by Gasteiger charge is 2.19. The molecule has 0 spiro atoms. The molecule has 0 N–H and O–H groups in total. The Balaban J connectivity index is 2.11. The van der Waals surface area contributed by atoms with Crippen LogP contribution in [-0.4, -0.2) is 15.0 Å². The molecule has 1 aliphatic rings. The van der Waals surface area contributed by atoms with Crippen LogP contribution in [-0.2, 0) is 0 Å². The molecule has 3 rings (SSSR count). The van der Waals surface area contributed by atoms with Crippen LogP contribution in [0.5, 0.6) is 0 Å². The number of rotatable bonds is 1. The van der Waals surface area contributed by atoms with Gasteiger partial charge in [-0.2, -0.15) is 0 Å². The normalized spacial score (nSPS) is 17.7. The van der Waals surface area contributed by atoms with Crippen LogP contribution in [0.1, 0.15) is 31.7 Å². The molecule has 0 atom stereocenters. The fourth-order valence-electron chi connectivity index (χ4n) is 2.33. The first-order valence-corrected chi connectivity index (χ1v) is 6.43. The van der Waals surface area contributed by atoms with Crippen LogP contribution in [0.15, 0.2) is 18.2 Å². The van der Waals surface area contributed by atoms with E-state index in [9.17, 15) is 0 Å². The summed E-state index contributed by atoms with van der Waals surface area (Å²) in [6.45, 7) is 0. The van der Waals surface area contributed by atoms with Gasteiger partial charge in [0.2, 0.25) is 0 Å². The number of hydrogen-bond donors (Lipinski definition) is 0. The lowest BCUT2D eigenvalue weighted by atomic mass is 10.2. The van der Waals surface area contributed by atoms with Crippen molar-refractivity contribution in [2.75, 3.05) is 0 Å². The van der Waals surface area contributed by atoms with Crippen molar-refractivity contribution < 1.29 is 0 Å². The number of halogens is 1. The number of benzene rings is 1. The topological polar surface area (TPSA) is 30.7 Å². The molecule has 0 unspecified atom stereocenters. The van der Waals surface area contributed by atoms with Crippen molar-refractivity contribution >= 4 is 33.6 Å². The fraction of sp³-hybridized carbons (Fsp3) is 0.455. The molecule has 3 nitrogen and oxygen atoms in total. The van der Waals surface area contributed by atoms with E-state index in [1.54, 1.807) is 0 Å². The molecule has 0 radical (unpaired) electrons. The van der Waals surface area contributed by atoms with Crippen molar-refractivity contribution in [2.45, 2.75) is 31.7 Å². The summed E-state index contributed by atoms with van der Waals surface area (Å²) in [5.41, 5.74) is 2.20. The second-order valence-electron chi connectivity index (χ2n) is 4.11. The second-order valence-corrected chi connectivity index (χ2v) is 5.35. The third kappa shape index (κ3) is 1.64. The maximum absolute atomic E-state index is 4.28. The van der Waals surface area contributed by atoms with Crippen LogP contribution in [0, 0.1) is 3.57 Å². The van der Waals surface area contributed by atoms with Crippen molar-refractivity contribution in [3.05, 3.63) is 21.8 Å². The predicted molar refractivity (Wildman–Crippen MR) is 67.8 cm³/mol. The third-order valence-electron chi connectivity index (χ3n) is 3.10. The molecule has 0 aliphatic heterocycles. The summed E-state index contributed by atoms with van der Waals surface area (Å²) in [7, 11) is 0. The average molecular weight is 313 g/mol. The third-order valence-corrected chi connectivity index (χ3v) is 3.77. The van der Waals surface area contributed by atoms with Gasteiger partial charge < -0.3 is 0 Å². The quantitative estimate of drug-likeness (QED) is 0.757. The molecule has 1 saturated carbocycles. The maximum Gasteiger partial charge on any atom is 0.114 e. The van der Waals surface area contributed by atoms with Crippen LogP contribution in [0.3, 0.4) is 0 Å². The molecule has 1 aromatic heterocycles. The zero-order valence-electron chi connectivity index (χ0n) is 8.36. The summed E-state index contributed by atoms with van der Waals surface area (Å²) >= 11 is 2.31. The number of nitrogens with zero attached hydrogens (tertiary/aromatic N) is 3. The van der Waals surface area contributed by atoms with Crippen LogP contribution >= 0.6 is 22.6 Å². The summed E-state index contributed by atoms with van der Waals surface area (Å²) in [6, 6.07) is 6.93. The van der Waals surface area contributed by atoms with Gasteiger partial charge in [0.1, 0.15) is 5.52 Å². The Bertz CT molecular complexity index is 486. The number of hydrogen-bond acceptors (Lipinski definition) is 2. The van der Waals surface area contributed by atoms with E-state index in [2.05, 4.69) is 55.8 Å². The van der Waals surface area contributed by atoms with Gasteiger partial charge in [-0.25, -0.2) is 4.68 Å². The molecular weight excluding hydrogens is 301 g/mol. The zero-order chi connectivity index (χ0) is 10.3. The van der Waals surface area contributed by atoms with Gasteiger partial charge in [0, 0.05) is 3.57 Å². The molecule has 2 aromatic rings. The van der Waals surface area contributed by atoms with E-state index in [0.717, 1.165) is 5.52 Å². The molecule has 4 heteroatoms. The second kappa shape index (κ2) is 3.73. The standard InChI is InChI=1S/C11H12IN3/c12-8-5-6-11-10(7-8)13-14-15(11)9-3-1-2-4-9/h5-7,9H,1-4H2. The van der Waals surface area contributed by atoms with Gasteiger partial charge >= 0.3 is 0 Å². The lowest BCUT2D eigenvalue weighted by Crippen LogP contribution is -2.06. The molecule has 1 heterocycles. The van der Waals surface area contributed by atoms with Gasteiger partial charge in [0.25, 0.3) is 0 Å². The SMILES string of the molecule is Ic1ccc2c(c1)nnn2C1CCCC1. The molecule has 0 bridgehead atoms. The van der Waals surface area contributed by atoms with E-state index in [0.29, 0.717) is 6.04 Å². The van der Waals surface area contributed by atoms with Gasteiger partial charge in [0.05, 0.1) is 11.6 Å². The van der Waals surface area contributed by atoms with Crippen molar-refractivity contribution in [1.29, 1.82) is 0 Å².